The van der Waals surface area contributed by atoms with E-state index in [1.54, 1.807) is 25.2 Å². The highest BCUT2D eigenvalue weighted by Crippen LogP contribution is 2.26. The molecule has 28 heavy (non-hydrogen) atoms. The van der Waals surface area contributed by atoms with E-state index in [0.29, 0.717) is 21.3 Å². The molecule has 3 rings (SSSR count). The molecule has 3 amide bonds. The Balaban J connectivity index is 1.67. The second-order valence-corrected chi connectivity index (χ2v) is 9.35. The molecule has 0 aliphatic carbocycles. The SMILES string of the molecule is CN(C(=O)CCN1C(=O)c2ccc(Br)cc2C1=O)c1ccc(S(C)(=O)=O)cc1. The fraction of sp³-hybridized carbons (Fsp3) is 0.211. The van der Waals surface area contributed by atoms with Gasteiger partial charge in [0, 0.05) is 36.4 Å². The summed E-state index contributed by atoms with van der Waals surface area (Å²) in [7, 11) is -1.76. The van der Waals surface area contributed by atoms with Crippen LogP contribution < -0.4 is 4.90 Å². The van der Waals surface area contributed by atoms with E-state index in [-0.39, 0.29) is 23.8 Å². The summed E-state index contributed by atoms with van der Waals surface area (Å²) in [4.78, 5) is 39.9. The van der Waals surface area contributed by atoms with Crippen molar-refractivity contribution < 1.29 is 22.8 Å². The summed E-state index contributed by atoms with van der Waals surface area (Å²) >= 11 is 3.28. The van der Waals surface area contributed by atoms with Crippen molar-refractivity contribution in [3.63, 3.8) is 0 Å². The van der Waals surface area contributed by atoms with Crippen LogP contribution in [0.15, 0.2) is 51.8 Å². The number of hydrogen-bond acceptors (Lipinski definition) is 5. The number of sulfone groups is 1. The van der Waals surface area contributed by atoms with Gasteiger partial charge < -0.3 is 4.90 Å². The molecule has 0 atom stereocenters. The average Bonchev–Trinajstić information content (AvgIpc) is 2.88. The smallest absolute Gasteiger partial charge is 0.261 e. The summed E-state index contributed by atoms with van der Waals surface area (Å²) < 4.78 is 23.7. The first-order valence-electron chi connectivity index (χ1n) is 8.32. The number of imide groups is 1. The van der Waals surface area contributed by atoms with Crippen molar-refractivity contribution in [1.29, 1.82) is 0 Å². The molecule has 0 bridgehead atoms. The zero-order chi connectivity index (χ0) is 20.6. The van der Waals surface area contributed by atoms with Crippen molar-refractivity contribution in [3.05, 3.63) is 58.1 Å². The highest BCUT2D eigenvalue weighted by molar-refractivity contribution is 9.10. The average molecular weight is 465 g/mol. The van der Waals surface area contributed by atoms with Crippen LogP contribution in [0.2, 0.25) is 0 Å². The molecule has 0 fully saturated rings. The van der Waals surface area contributed by atoms with Crippen LogP contribution in [-0.4, -0.2) is 50.9 Å². The number of hydrogen-bond donors (Lipinski definition) is 0. The second kappa shape index (κ2) is 7.48. The molecule has 1 heterocycles. The van der Waals surface area contributed by atoms with Crippen molar-refractivity contribution in [2.75, 3.05) is 24.7 Å². The predicted octanol–water partition coefficient (Wildman–Crippen LogP) is 2.50. The van der Waals surface area contributed by atoms with E-state index in [9.17, 15) is 22.8 Å². The van der Waals surface area contributed by atoms with Crippen LogP contribution in [-0.2, 0) is 14.6 Å². The first kappa shape index (κ1) is 20.2. The molecule has 146 valence electrons. The van der Waals surface area contributed by atoms with Crippen molar-refractivity contribution in [3.8, 4) is 0 Å². The Morgan fingerprint density at radius 1 is 1.04 bits per heavy atom. The van der Waals surface area contributed by atoms with Crippen LogP contribution in [0.1, 0.15) is 27.1 Å². The van der Waals surface area contributed by atoms with Crippen molar-refractivity contribution in [2.45, 2.75) is 11.3 Å². The largest absolute Gasteiger partial charge is 0.315 e. The number of anilines is 1. The fourth-order valence-corrected chi connectivity index (χ4v) is 3.89. The van der Waals surface area contributed by atoms with Crippen LogP contribution in [0.3, 0.4) is 0 Å². The van der Waals surface area contributed by atoms with Gasteiger partial charge in [0.1, 0.15) is 0 Å². The van der Waals surface area contributed by atoms with Crippen molar-refractivity contribution in [1.82, 2.24) is 4.90 Å². The molecule has 2 aromatic rings. The fourth-order valence-electron chi connectivity index (χ4n) is 2.90. The maximum absolute atomic E-state index is 12.5. The third-order valence-corrected chi connectivity index (χ3v) is 6.13. The number of fused-ring (bicyclic) bond motifs is 1. The number of halogens is 1. The Kier molecular flexibility index (Phi) is 5.40. The molecule has 0 N–H and O–H groups in total. The lowest BCUT2D eigenvalue weighted by molar-refractivity contribution is -0.118. The van der Waals surface area contributed by atoms with Crippen LogP contribution in [0, 0.1) is 0 Å². The van der Waals surface area contributed by atoms with Crippen LogP contribution >= 0.6 is 15.9 Å². The number of nitrogens with zero attached hydrogens (tertiary/aromatic N) is 2. The number of amides is 3. The Labute approximate surface area is 171 Å². The first-order valence-corrected chi connectivity index (χ1v) is 11.0. The minimum absolute atomic E-state index is 0.0332. The van der Waals surface area contributed by atoms with Crippen molar-refractivity contribution in [2.24, 2.45) is 0 Å². The number of rotatable bonds is 5. The molecule has 2 aromatic carbocycles. The molecule has 0 aromatic heterocycles. The Bertz CT molecular complexity index is 1080. The lowest BCUT2D eigenvalue weighted by atomic mass is 10.1. The van der Waals surface area contributed by atoms with E-state index in [0.717, 1.165) is 11.2 Å². The van der Waals surface area contributed by atoms with E-state index in [1.807, 2.05) is 0 Å². The maximum atomic E-state index is 12.5. The summed E-state index contributed by atoms with van der Waals surface area (Å²) in [5, 5.41) is 0. The van der Waals surface area contributed by atoms with E-state index in [1.165, 1.54) is 29.2 Å². The highest BCUT2D eigenvalue weighted by Gasteiger charge is 2.35. The third-order valence-electron chi connectivity index (χ3n) is 4.51. The summed E-state index contributed by atoms with van der Waals surface area (Å²) in [5.41, 5.74) is 1.16. The zero-order valence-electron chi connectivity index (χ0n) is 15.2. The lowest BCUT2D eigenvalue weighted by Crippen LogP contribution is -2.35. The van der Waals surface area contributed by atoms with Gasteiger partial charge in [-0.2, -0.15) is 0 Å². The normalized spacial score (nSPS) is 13.6. The summed E-state index contributed by atoms with van der Waals surface area (Å²) in [6.45, 7) is -0.0332. The van der Waals surface area contributed by atoms with Gasteiger partial charge in [0.05, 0.1) is 16.0 Å². The highest BCUT2D eigenvalue weighted by atomic mass is 79.9. The molecule has 7 nitrogen and oxygen atoms in total. The minimum Gasteiger partial charge on any atom is -0.315 e. The topological polar surface area (TPSA) is 91.8 Å². The standard InChI is InChI=1S/C19H17BrN2O5S/c1-21(13-4-6-14(7-5-13)28(2,26)27)17(23)9-10-22-18(24)15-8-3-12(20)11-16(15)19(22)25/h3-8,11H,9-10H2,1-2H3. The summed E-state index contributed by atoms with van der Waals surface area (Å²) in [5.74, 6) is -1.14. The van der Waals surface area contributed by atoms with Gasteiger partial charge in [0.15, 0.2) is 9.84 Å². The van der Waals surface area contributed by atoms with Crippen LogP contribution in [0.4, 0.5) is 5.69 Å². The Hall–Kier alpha value is -2.52. The molecule has 1 aliphatic heterocycles. The van der Waals surface area contributed by atoms with E-state index < -0.39 is 21.7 Å². The molecule has 0 radical (unpaired) electrons. The molecule has 0 saturated carbocycles. The molecule has 0 saturated heterocycles. The van der Waals surface area contributed by atoms with Gasteiger partial charge in [0.2, 0.25) is 5.91 Å². The quantitative estimate of drug-likeness (QED) is 0.633. The predicted molar refractivity (Wildman–Crippen MR) is 107 cm³/mol. The van der Waals surface area contributed by atoms with Gasteiger partial charge in [0.25, 0.3) is 11.8 Å². The zero-order valence-corrected chi connectivity index (χ0v) is 17.6. The maximum Gasteiger partial charge on any atom is 0.261 e. The van der Waals surface area contributed by atoms with E-state index in [2.05, 4.69) is 15.9 Å². The lowest BCUT2D eigenvalue weighted by Gasteiger charge is -2.19. The monoisotopic (exact) mass is 464 g/mol. The van der Waals surface area contributed by atoms with Gasteiger partial charge in [-0.15, -0.1) is 0 Å². The molecular weight excluding hydrogens is 448 g/mol. The Morgan fingerprint density at radius 3 is 2.25 bits per heavy atom. The second-order valence-electron chi connectivity index (χ2n) is 6.42. The third kappa shape index (κ3) is 3.85. The molecule has 0 unspecified atom stereocenters. The molecular formula is C19H17BrN2O5S. The summed E-state index contributed by atoms with van der Waals surface area (Å²) in [6, 6.07) is 10.8. The van der Waals surface area contributed by atoms with Gasteiger partial charge in [-0.05, 0) is 42.5 Å². The van der Waals surface area contributed by atoms with Gasteiger partial charge in [-0.3, -0.25) is 19.3 Å². The van der Waals surface area contributed by atoms with Gasteiger partial charge in [-0.25, -0.2) is 8.42 Å². The Morgan fingerprint density at radius 2 is 1.64 bits per heavy atom. The minimum atomic E-state index is -3.32. The molecule has 1 aliphatic rings. The number of carbonyl (C=O) groups excluding carboxylic acids is 3. The van der Waals surface area contributed by atoms with Gasteiger partial charge >= 0.3 is 0 Å². The summed E-state index contributed by atoms with van der Waals surface area (Å²) in [6.07, 6.45) is 1.06. The van der Waals surface area contributed by atoms with E-state index in [4.69, 9.17) is 0 Å². The van der Waals surface area contributed by atoms with Crippen LogP contribution in [0.5, 0.6) is 0 Å². The van der Waals surface area contributed by atoms with Crippen LogP contribution in [0.25, 0.3) is 0 Å². The number of benzene rings is 2. The molecule has 0 spiro atoms. The van der Waals surface area contributed by atoms with Crippen molar-refractivity contribution >= 4 is 49.2 Å². The molecule has 9 heteroatoms. The number of carbonyl (C=O) groups is 3. The van der Waals surface area contributed by atoms with E-state index >= 15 is 0 Å². The van der Waals surface area contributed by atoms with Gasteiger partial charge in [-0.1, -0.05) is 15.9 Å². The first-order chi connectivity index (χ1) is 13.1.